The van der Waals surface area contributed by atoms with Crippen LogP contribution in [0.2, 0.25) is 0 Å². The Morgan fingerprint density at radius 3 is 2.70 bits per heavy atom. The predicted molar refractivity (Wildman–Crippen MR) is 90.9 cm³/mol. The maximum atomic E-state index is 12.7. The Bertz CT molecular complexity index is 1000. The lowest BCUT2D eigenvalue weighted by atomic mass is 10.2. The zero-order valence-corrected chi connectivity index (χ0v) is 13.7. The van der Waals surface area contributed by atoms with Gasteiger partial charge < -0.3 is 10.2 Å². The number of phenols is 2. The van der Waals surface area contributed by atoms with Crippen LogP contribution in [0.25, 0.3) is 10.2 Å². The summed E-state index contributed by atoms with van der Waals surface area (Å²) in [5.74, 6) is 0.315. The van der Waals surface area contributed by atoms with Gasteiger partial charge in [0.15, 0.2) is 0 Å². The third-order valence-electron chi connectivity index (χ3n) is 3.67. The maximum absolute atomic E-state index is 12.7. The number of aromatic hydroxyl groups is 2. The largest absolute Gasteiger partial charge is 0.508 e. The molecule has 0 fully saturated rings. The molecule has 0 radical (unpaired) electrons. The SMILES string of the molecule is Cc1sc2nc(C)n(/N=C\c3ccc(O)cc3O)c(=O)c2c1C. The summed E-state index contributed by atoms with van der Waals surface area (Å²) in [7, 11) is 0. The lowest BCUT2D eigenvalue weighted by molar-refractivity contribution is 0.450. The van der Waals surface area contributed by atoms with Crippen molar-refractivity contribution in [2.24, 2.45) is 5.10 Å². The predicted octanol–water partition coefficient (Wildman–Crippen LogP) is 2.68. The van der Waals surface area contributed by atoms with Crippen LogP contribution in [-0.2, 0) is 0 Å². The summed E-state index contributed by atoms with van der Waals surface area (Å²) in [6, 6.07) is 4.16. The van der Waals surface area contributed by atoms with Gasteiger partial charge in [-0.2, -0.15) is 9.78 Å². The minimum Gasteiger partial charge on any atom is -0.508 e. The molecule has 3 rings (SSSR count). The fourth-order valence-electron chi connectivity index (χ4n) is 2.28. The first kappa shape index (κ1) is 15.2. The van der Waals surface area contributed by atoms with E-state index in [2.05, 4.69) is 10.1 Å². The molecule has 0 bridgehead atoms. The molecule has 3 aromatic rings. The van der Waals surface area contributed by atoms with Crippen LogP contribution < -0.4 is 5.56 Å². The van der Waals surface area contributed by atoms with Crippen LogP contribution in [0.15, 0.2) is 28.1 Å². The molecule has 0 atom stereocenters. The number of aryl methyl sites for hydroxylation is 3. The second-order valence-corrected chi connectivity index (χ2v) is 6.43. The molecule has 118 valence electrons. The molecule has 1 aromatic carbocycles. The standard InChI is InChI=1S/C16H15N3O3S/c1-8-9(2)23-15-14(8)16(22)19(10(3)18-15)17-7-11-4-5-12(20)6-13(11)21/h4-7,20-21H,1-3H3/b17-7-. The molecule has 0 aliphatic rings. The van der Waals surface area contributed by atoms with E-state index in [9.17, 15) is 15.0 Å². The number of benzene rings is 1. The van der Waals surface area contributed by atoms with Gasteiger partial charge in [-0.05, 0) is 38.5 Å². The molecule has 0 aliphatic carbocycles. The molecule has 7 heteroatoms. The van der Waals surface area contributed by atoms with Gasteiger partial charge in [-0.15, -0.1) is 11.3 Å². The zero-order chi connectivity index (χ0) is 16.7. The minimum atomic E-state index is -0.233. The Morgan fingerprint density at radius 2 is 2.00 bits per heavy atom. The van der Waals surface area contributed by atoms with Gasteiger partial charge >= 0.3 is 0 Å². The highest BCUT2D eigenvalue weighted by atomic mass is 32.1. The normalized spacial score (nSPS) is 11.6. The number of aromatic nitrogens is 2. The van der Waals surface area contributed by atoms with Gasteiger partial charge in [0.1, 0.15) is 22.2 Å². The van der Waals surface area contributed by atoms with Gasteiger partial charge in [0.2, 0.25) is 0 Å². The van der Waals surface area contributed by atoms with E-state index in [-0.39, 0.29) is 17.1 Å². The molecule has 2 heterocycles. The summed E-state index contributed by atoms with van der Waals surface area (Å²) in [4.78, 5) is 18.9. The van der Waals surface area contributed by atoms with Gasteiger partial charge in [0, 0.05) is 16.5 Å². The fourth-order valence-corrected chi connectivity index (χ4v) is 3.35. The molecule has 23 heavy (non-hydrogen) atoms. The van der Waals surface area contributed by atoms with Gasteiger partial charge in [-0.3, -0.25) is 4.79 Å². The van der Waals surface area contributed by atoms with Crippen molar-refractivity contribution in [3.8, 4) is 11.5 Å². The molecule has 0 saturated heterocycles. The van der Waals surface area contributed by atoms with E-state index in [1.54, 1.807) is 6.92 Å². The summed E-state index contributed by atoms with van der Waals surface area (Å²) in [5, 5.41) is 23.8. The average Bonchev–Trinajstić information content (AvgIpc) is 2.75. The molecule has 0 aliphatic heterocycles. The molecule has 0 amide bonds. The lowest BCUT2D eigenvalue weighted by Crippen LogP contribution is -2.20. The molecular formula is C16H15N3O3S. The lowest BCUT2D eigenvalue weighted by Gasteiger charge is -2.04. The van der Waals surface area contributed by atoms with Crippen molar-refractivity contribution in [2.75, 3.05) is 0 Å². The maximum Gasteiger partial charge on any atom is 0.283 e. The van der Waals surface area contributed by atoms with Crippen molar-refractivity contribution < 1.29 is 10.2 Å². The van der Waals surface area contributed by atoms with Gasteiger partial charge in [0.05, 0.1) is 11.6 Å². The van der Waals surface area contributed by atoms with Crippen molar-refractivity contribution in [1.82, 2.24) is 9.66 Å². The first-order valence-electron chi connectivity index (χ1n) is 6.94. The highest BCUT2D eigenvalue weighted by molar-refractivity contribution is 7.18. The molecule has 0 spiro atoms. The molecule has 0 saturated carbocycles. The quantitative estimate of drug-likeness (QED) is 0.708. The van der Waals surface area contributed by atoms with Gasteiger partial charge in [0.25, 0.3) is 5.56 Å². The monoisotopic (exact) mass is 329 g/mol. The number of fused-ring (bicyclic) bond motifs is 1. The van der Waals surface area contributed by atoms with Crippen LogP contribution >= 0.6 is 11.3 Å². The van der Waals surface area contributed by atoms with Gasteiger partial charge in [-0.25, -0.2) is 4.98 Å². The van der Waals surface area contributed by atoms with Crippen molar-refractivity contribution in [2.45, 2.75) is 20.8 Å². The summed E-state index contributed by atoms with van der Waals surface area (Å²) >= 11 is 1.49. The summed E-state index contributed by atoms with van der Waals surface area (Å²) < 4.78 is 1.22. The average molecular weight is 329 g/mol. The van der Waals surface area contributed by atoms with Crippen molar-refractivity contribution >= 4 is 27.8 Å². The van der Waals surface area contributed by atoms with E-state index in [1.165, 1.54) is 40.4 Å². The van der Waals surface area contributed by atoms with Crippen molar-refractivity contribution in [3.63, 3.8) is 0 Å². The van der Waals surface area contributed by atoms with E-state index < -0.39 is 0 Å². The van der Waals surface area contributed by atoms with Crippen molar-refractivity contribution in [3.05, 3.63) is 50.4 Å². The minimum absolute atomic E-state index is 0.0412. The van der Waals surface area contributed by atoms with Crippen LogP contribution in [0.5, 0.6) is 11.5 Å². The number of hydrogen-bond donors (Lipinski definition) is 2. The highest BCUT2D eigenvalue weighted by Gasteiger charge is 2.14. The second-order valence-electron chi connectivity index (χ2n) is 5.23. The zero-order valence-electron chi connectivity index (χ0n) is 12.9. The Balaban J connectivity index is 2.15. The topological polar surface area (TPSA) is 87.7 Å². The number of rotatable bonds is 2. The van der Waals surface area contributed by atoms with E-state index in [4.69, 9.17) is 0 Å². The molecule has 6 nitrogen and oxygen atoms in total. The Hall–Kier alpha value is -2.67. The smallest absolute Gasteiger partial charge is 0.283 e. The van der Waals surface area contributed by atoms with E-state index >= 15 is 0 Å². The summed E-state index contributed by atoms with van der Waals surface area (Å²) in [6.45, 7) is 5.56. The third-order valence-corrected chi connectivity index (χ3v) is 4.77. The number of phenolic OH excluding ortho intramolecular Hbond substituents is 2. The Kier molecular flexibility index (Phi) is 3.65. The first-order chi connectivity index (χ1) is 10.9. The second kappa shape index (κ2) is 5.51. The molecular weight excluding hydrogens is 314 g/mol. The summed E-state index contributed by atoms with van der Waals surface area (Å²) in [6.07, 6.45) is 1.37. The number of nitrogens with zero attached hydrogens (tertiary/aromatic N) is 3. The Labute approximate surface area is 136 Å². The fraction of sp³-hybridized carbons (Fsp3) is 0.188. The molecule has 0 unspecified atom stereocenters. The number of hydrogen-bond acceptors (Lipinski definition) is 6. The summed E-state index contributed by atoms with van der Waals surface area (Å²) in [5.41, 5.74) is 1.08. The van der Waals surface area contributed by atoms with Crippen LogP contribution in [0.4, 0.5) is 0 Å². The molecule has 2 N–H and O–H groups in total. The van der Waals surface area contributed by atoms with E-state index in [1.807, 2.05) is 13.8 Å². The van der Waals surface area contributed by atoms with E-state index in [0.717, 1.165) is 10.4 Å². The van der Waals surface area contributed by atoms with Crippen molar-refractivity contribution in [1.29, 1.82) is 0 Å². The third kappa shape index (κ3) is 2.59. The van der Waals surface area contributed by atoms with Crippen LogP contribution in [0, 0.1) is 20.8 Å². The van der Waals surface area contributed by atoms with Crippen LogP contribution in [0.3, 0.4) is 0 Å². The van der Waals surface area contributed by atoms with Crippen LogP contribution in [0.1, 0.15) is 21.8 Å². The Morgan fingerprint density at radius 1 is 1.26 bits per heavy atom. The van der Waals surface area contributed by atoms with E-state index in [0.29, 0.717) is 21.6 Å². The highest BCUT2D eigenvalue weighted by Crippen LogP contribution is 2.26. The number of thiophene rings is 1. The van der Waals surface area contributed by atoms with Gasteiger partial charge in [-0.1, -0.05) is 0 Å². The first-order valence-corrected chi connectivity index (χ1v) is 7.76. The molecule has 2 aromatic heterocycles. The van der Waals surface area contributed by atoms with Crippen LogP contribution in [-0.4, -0.2) is 26.1 Å².